The first-order valence-electron chi connectivity index (χ1n) is 10.7. The van der Waals surface area contributed by atoms with E-state index in [1.54, 1.807) is 56.6 Å². The summed E-state index contributed by atoms with van der Waals surface area (Å²) < 4.78 is 22.0. The molecule has 3 aromatic rings. The number of amides is 1. The molecule has 1 amide bonds. The molecule has 1 heterocycles. The molecule has 0 spiro atoms. The lowest BCUT2D eigenvalue weighted by molar-refractivity contribution is -0.164. The molecule has 0 aliphatic carbocycles. The zero-order chi connectivity index (χ0) is 24.2. The van der Waals surface area contributed by atoms with E-state index in [0.29, 0.717) is 46.0 Å². The monoisotopic (exact) mass is 501 g/mol. The number of likely N-dealkylation sites (tertiary alicyclic amines) is 1. The van der Waals surface area contributed by atoms with E-state index in [4.69, 9.17) is 42.1 Å². The van der Waals surface area contributed by atoms with Gasteiger partial charge in [0.2, 0.25) is 6.10 Å². The molecule has 1 aliphatic rings. The van der Waals surface area contributed by atoms with Crippen molar-refractivity contribution in [2.75, 3.05) is 27.9 Å². The fraction of sp³-hybridized carbons (Fsp3) is 0.269. The number of rotatable bonds is 9. The smallest absolute Gasteiger partial charge is 0.266 e. The Balaban J connectivity index is 1.57. The SMILES string of the molecule is COc1ccc(O[C@H]2C(=O)N(CCc3ccc(OC)c(OC)c3)[C@@H]2c2cccc(Cl)c2Cl)cc1. The van der Waals surface area contributed by atoms with Crippen LogP contribution in [-0.2, 0) is 11.2 Å². The summed E-state index contributed by atoms with van der Waals surface area (Å²) in [4.78, 5) is 14.9. The van der Waals surface area contributed by atoms with Crippen molar-refractivity contribution >= 4 is 29.1 Å². The van der Waals surface area contributed by atoms with Crippen molar-refractivity contribution in [1.29, 1.82) is 0 Å². The summed E-state index contributed by atoms with van der Waals surface area (Å²) >= 11 is 12.8. The Morgan fingerprint density at radius 2 is 1.56 bits per heavy atom. The Morgan fingerprint density at radius 3 is 2.24 bits per heavy atom. The Morgan fingerprint density at radius 1 is 0.853 bits per heavy atom. The minimum atomic E-state index is -0.713. The highest BCUT2D eigenvalue weighted by Crippen LogP contribution is 2.42. The molecule has 6 nitrogen and oxygen atoms in total. The molecule has 178 valence electrons. The number of nitrogens with zero attached hydrogens (tertiary/aromatic N) is 1. The van der Waals surface area contributed by atoms with Gasteiger partial charge >= 0.3 is 0 Å². The van der Waals surface area contributed by atoms with Crippen LogP contribution in [0.5, 0.6) is 23.0 Å². The van der Waals surface area contributed by atoms with Gasteiger partial charge in [0.25, 0.3) is 5.91 Å². The van der Waals surface area contributed by atoms with E-state index >= 15 is 0 Å². The van der Waals surface area contributed by atoms with Crippen LogP contribution >= 0.6 is 23.2 Å². The predicted molar refractivity (Wildman–Crippen MR) is 132 cm³/mol. The molecule has 0 N–H and O–H groups in total. The van der Waals surface area contributed by atoms with Crippen LogP contribution in [0.4, 0.5) is 0 Å². The lowest BCUT2D eigenvalue weighted by atomic mass is 9.89. The molecule has 1 fully saturated rings. The van der Waals surface area contributed by atoms with Crippen molar-refractivity contribution in [2.45, 2.75) is 18.6 Å². The third-order valence-corrected chi connectivity index (χ3v) is 6.69. The molecule has 3 aromatic carbocycles. The fourth-order valence-corrected chi connectivity index (χ4v) is 4.47. The maximum absolute atomic E-state index is 13.2. The Labute approximate surface area is 208 Å². The second-order valence-corrected chi connectivity index (χ2v) is 8.56. The molecule has 0 bridgehead atoms. The highest BCUT2D eigenvalue weighted by atomic mass is 35.5. The summed E-state index contributed by atoms with van der Waals surface area (Å²) in [5.74, 6) is 2.46. The van der Waals surface area contributed by atoms with Crippen LogP contribution in [0.25, 0.3) is 0 Å². The molecule has 0 aromatic heterocycles. The van der Waals surface area contributed by atoms with E-state index in [1.807, 2.05) is 30.3 Å². The van der Waals surface area contributed by atoms with Crippen molar-refractivity contribution in [3.05, 3.63) is 81.8 Å². The number of methoxy groups -OCH3 is 3. The molecule has 1 saturated heterocycles. The van der Waals surface area contributed by atoms with Crippen molar-refractivity contribution in [2.24, 2.45) is 0 Å². The van der Waals surface area contributed by atoms with Crippen molar-refractivity contribution in [1.82, 2.24) is 4.90 Å². The Bertz CT molecular complexity index is 1170. The van der Waals surface area contributed by atoms with Crippen LogP contribution in [0.2, 0.25) is 10.0 Å². The normalized spacial score (nSPS) is 17.2. The first-order chi connectivity index (χ1) is 16.5. The van der Waals surface area contributed by atoms with E-state index in [9.17, 15) is 4.79 Å². The minimum absolute atomic E-state index is 0.114. The lowest BCUT2D eigenvalue weighted by Gasteiger charge is -2.47. The standard InChI is InChI=1S/C26H25Cl2NO5/c1-31-17-8-10-18(11-9-17)34-25-24(19-5-4-6-20(27)23(19)28)29(26(25)30)14-13-16-7-12-21(32-2)22(15-16)33-3/h4-12,15,24-25H,13-14H2,1-3H3/t24-,25-/m1/s1. The van der Waals surface area contributed by atoms with Crippen LogP contribution in [0.3, 0.4) is 0 Å². The van der Waals surface area contributed by atoms with E-state index in [2.05, 4.69) is 0 Å². The van der Waals surface area contributed by atoms with Crippen LogP contribution in [0, 0.1) is 0 Å². The predicted octanol–water partition coefficient (Wildman–Crippen LogP) is 5.59. The Hall–Kier alpha value is -3.09. The second-order valence-electron chi connectivity index (χ2n) is 7.77. The highest BCUT2D eigenvalue weighted by molar-refractivity contribution is 6.42. The van der Waals surface area contributed by atoms with Crippen LogP contribution in [0.15, 0.2) is 60.7 Å². The maximum Gasteiger partial charge on any atom is 0.266 e. The molecule has 2 atom stereocenters. The molecular formula is C26H25Cl2NO5. The first-order valence-corrected chi connectivity index (χ1v) is 11.5. The van der Waals surface area contributed by atoms with Gasteiger partial charge in [-0.05, 0) is 60.0 Å². The van der Waals surface area contributed by atoms with Gasteiger partial charge in [0.05, 0.1) is 31.4 Å². The van der Waals surface area contributed by atoms with Crippen LogP contribution in [0.1, 0.15) is 17.2 Å². The van der Waals surface area contributed by atoms with E-state index in [0.717, 1.165) is 11.1 Å². The number of benzene rings is 3. The molecule has 0 radical (unpaired) electrons. The fourth-order valence-electron chi connectivity index (χ4n) is 4.05. The number of hydrogen-bond donors (Lipinski definition) is 0. The van der Waals surface area contributed by atoms with Gasteiger partial charge < -0.3 is 23.8 Å². The van der Waals surface area contributed by atoms with E-state index in [1.165, 1.54) is 0 Å². The second kappa shape index (κ2) is 10.5. The molecule has 34 heavy (non-hydrogen) atoms. The third-order valence-electron chi connectivity index (χ3n) is 5.86. The minimum Gasteiger partial charge on any atom is -0.497 e. The summed E-state index contributed by atoms with van der Waals surface area (Å²) in [7, 11) is 4.79. The van der Waals surface area contributed by atoms with Gasteiger partial charge in [0, 0.05) is 6.54 Å². The summed E-state index contributed by atoms with van der Waals surface area (Å²) in [6.07, 6.45) is -0.0921. The zero-order valence-corrected chi connectivity index (χ0v) is 20.6. The van der Waals surface area contributed by atoms with Gasteiger partial charge in [0.15, 0.2) is 11.5 Å². The summed E-state index contributed by atoms with van der Waals surface area (Å²) in [5, 5.41) is 0.850. The van der Waals surface area contributed by atoms with E-state index < -0.39 is 6.10 Å². The van der Waals surface area contributed by atoms with Crippen molar-refractivity contribution in [3.8, 4) is 23.0 Å². The topological polar surface area (TPSA) is 57.2 Å². The molecule has 4 rings (SSSR count). The number of β-lactam (4-membered cyclic amide) rings is 1. The summed E-state index contributed by atoms with van der Waals surface area (Å²) in [5.41, 5.74) is 1.76. The molecule has 8 heteroatoms. The highest BCUT2D eigenvalue weighted by Gasteiger charge is 2.50. The van der Waals surface area contributed by atoms with Crippen molar-refractivity contribution in [3.63, 3.8) is 0 Å². The molecule has 0 saturated carbocycles. The van der Waals surface area contributed by atoms with Gasteiger partial charge in [-0.2, -0.15) is 0 Å². The van der Waals surface area contributed by atoms with Crippen LogP contribution in [-0.4, -0.2) is 44.8 Å². The van der Waals surface area contributed by atoms with Gasteiger partial charge in [-0.25, -0.2) is 0 Å². The number of carbonyl (C=O) groups excluding carboxylic acids is 1. The van der Waals surface area contributed by atoms with Gasteiger partial charge in [-0.3, -0.25) is 4.79 Å². The summed E-state index contributed by atoms with van der Waals surface area (Å²) in [6.45, 7) is 0.476. The van der Waals surface area contributed by atoms with Gasteiger partial charge in [-0.1, -0.05) is 41.4 Å². The number of ether oxygens (including phenoxy) is 4. The largest absolute Gasteiger partial charge is 0.497 e. The average molecular weight is 502 g/mol. The lowest BCUT2D eigenvalue weighted by Crippen LogP contribution is -2.61. The van der Waals surface area contributed by atoms with Crippen LogP contribution < -0.4 is 18.9 Å². The van der Waals surface area contributed by atoms with Gasteiger partial charge in [-0.15, -0.1) is 0 Å². The number of hydrogen-bond acceptors (Lipinski definition) is 5. The molecule has 1 aliphatic heterocycles. The average Bonchev–Trinajstić information content (AvgIpc) is 2.87. The Kier molecular flexibility index (Phi) is 7.39. The zero-order valence-electron chi connectivity index (χ0n) is 19.1. The quantitative estimate of drug-likeness (QED) is 0.357. The maximum atomic E-state index is 13.2. The van der Waals surface area contributed by atoms with E-state index in [-0.39, 0.29) is 11.9 Å². The number of halogens is 2. The number of carbonyl (C=O) groups is 1. The third kappa shape index (κ3) is 4.74. The first kappa shape index (κ1) is 24.0. The van der Waals surface area contributed by atoms with Gasteiger partial charge in [0.1, 0.15) is 17.5 Å². The molecular weight excluding hydrogens is 477 g/mol. The molecule has 0 unspecified atom stereocenters. The van der Waals surface area contributed by atoms with Crippen molar-refractivity contribution < 1.29 is 23.7 Å². The summed E-state index contributed by atoms with van der Waals surface area (Å²) in [6, 6.07) is 17.9.